The molecule has 0 bridgehead atoms. The molecule has 0 atom stereocenters. The van der Waals surface area contributed by atoms with Crippen molar-refractivity contribution in [1.29, 1.82) is 0 Å². The predicted octanol–water partition coefficient (Wildman–Crippen LogP) is 3.60. The van der Waals surface area contributed by atoms with Gasteiger partial charge in [-0.25, -0.2) is 0 Å². The van der Waals surface area contributed by atoms with E-state index >= 15 is 0 Å². The second-order valence-electron chi connectivity index (χ2n) is 5.01. The van der Waals surface area contributed by atoms with E-state index in [-0.39, 0.29) is 5.78 Å². The first-order chi connectivity index (χ1) is 10.1. The van der Waals surface area contributed by atoms with Crippen LogP contribution in [0.3, 0.4) is 0 Å². The largest absolute Gasteiger partial charge is 0.401 e. The summed E-state index contributed by atoms with van der Waals surface area (Å²) < 4.78 is 0. The number of nitrogens with zero attached hydrogens (tertiary/aromatic N) is 1. The first kappa shape index (κ1) is 17.2. The van der Waals surface area contributed by atoms with Crippen LogP contribution in [0.15, 0.2) is 40.5 Å². The van der Waals surface area contributed by atoms with Gasteiger partial charge in [-0.2, -0.15) is 0 Å². The van der Waals surface area contributed by atoms with Gasteiger partial charge < -0.3 is 5.73 Å². The molecule has 0 radical (unpaired) electrons. The molecular formula is C18H26N2O. The van der Waals surface area contributed by atoms with E-state index in [1.807, 2.05) is 19.9 Å². The second-order valence-corrected chi connectivity index (χ2v) is 5.01. The van der Waals surface area contributed by atoms with Crippen LogP contribution in [0.4, 0.5) is 0 Å². The molecular weight excluding hydrogens is 260 g/mol. The number of ketones is 1. The predicted molar refractivity (Wildman–Crippen MR) is 89.7 cm³/mol. The highest BCUT2D eigenvalue weighted by Gasteiger charge is 2.23. The highest BCUT2D eigenvalue weighted by molar-refractivity contribution is 6.23. The third kappa shape index (κ3) is 4.55. The van der Waals surface area contributed by atoms with Gasteiger partial charge in [0.2, 0.25) is 0 Å². The van der Waals surface area contributed by atoms with Crippen molar-refractivity contribution in [2.24, 2.45) is 10.7 Å². The molecule has 0 aromatic heterocycles. The van der Waals surface area contributed by atoms with Crippen LogP contribution in [-0.2, 0) is 11.2 Å². The van der Waals surface area contributed by atoms with Gasteiger partial charge in [0, 0.05) is 25.6 Å². The van der Waals surface area contributed by atoms with Crippen molar-refractivity contribution in [3.63, 3.8) is 0 Å². The van der Waals surface area contributed by atoms with Crippen LogP contribution in [0.1, 0.15) is 44.2 Å². The van der Waals surface area contributed by atoms with E-state index in [1.54, 1.807) is 7.05 Å². The summed E-state index contributed by atoms with van der Waals surface area (Å²) in [6.45, 7) is 6.06. The van der Waals surface area contributed by atoms with Crippen LogP contribution >= 0.6 is 0 Å². The number of aryl methyl sites for hydroxylation is 1. The summed E-state index contributed by atoms with van der Waals surface area (Å²) in [6.07, 6.45) is 2.91. The third-order valence-corrected chi connectivity index (χ3v) is 3.46. The number of rotatable bonds is 3. The Morgan fingerprint density at radius 2 is 2.00 bits per heavy atom. The number of carbonyl (C=O) groups is 1. The summed E-state index contributed by atoms with van der Waals surface area (Å²) in [4.78, 5) is 16.3. The Bertz CT molecular complexity index is 556. The Balaban J connectivity index is 0.00000106. The first-order valence-electron chi connectivity index (χ1n) is 7.65. The molecule has 3 nitrogen and oxygen atoms in total. The van der Waals surface area contributed by atoms with Crippen molar-refractivity contribution in [2.45, 2.75) is 46.5 Å². The molecule has 0 fully saturated rings. The highest BCUT2D eigenvalue weighted by atomic mass is 16.1. The number of allylic oxidation sites excluding steroid dienone is 2. The number of hydrogen-bond donors (Lipinski definition) is 1. The Morgan fingerprint density at radius 1 is 1.29 bits per heavy atom. The zero-order valence-corrected chi connectivity index (χ0v) is 13.6. The fourth-order valence-electron chi connectivity index (χ4n) is 2.51. The molecule has 0 saturated heterocycles. The normalized spacial score (nSPS) is 15.6. The van der Waals surface area contributed by atoms with Gasteiger partial charge in [0.15, 0.2) is 5.78 Å². The second kappa shape index (κ2) is 8.40. The van der Waals surface area contributed by atoms with Crippen LogP contribution in [-0.4, -0.2) is 18.5 Å². The molecule has 0 saturated carbocycles. The quantitative estimate of drug-likeness (QED) is 0.863. The number of aliphatic imine (C=N–C) groups is 1. The van der Waals surface area contributed by atoms with E-state index in [0.717, 1.165) is 18.6 Å². The SMILES string of the molecule is CC.CN=C(Cc1cccc(C)c1)C1=C(N)CCCC1=O. The zero-order valence-electron chi connectivity index (χ0n) is 13.6. The molecule has 0 unspecified atom stereocenters. The lowest BCUT2D eigenvalue weighted by Gasteiger charge is -2.18. The number of Topliss-reactive ketones (excluding diaryl/α,β-unsaturated/α-hetero) is 1. The number of hydrogen-bond acceptors (Lipinski definition) is 3. The van der Waals surface area contributed by atoms with E-state index in [0.29, 0.717) is 24.1 Å². The maximum absolute atomic E-state index is 12.0. The van der Waals surface area contributed by atoms with Crippen LogP contribution in [0.5, 0.6) is 0 Å². The van der Waals surface area contributed by atoms with Crippen molar-refractivity contribution in [2.75, 3.05) is 7.05 Å². The molecule has 1 aromatic rings. The molecule has 0 heterocycles. The summed E-state index contributed by atoms with van der Waals surface area (Å²) in [7, 11) is 1.73. The van der Waals surface area contributed by atoms with Crippen molar-refractivity contribution in [3.05, 3.63) is 46.7 Å². The Morgan fingerprint density at radius 3 is 2.57 bits per heavy atom. The average Bonchev–Trinajstić information content (AvgIpc) is 2.48. The standard InChI is InChI=1S/C16H20N2O.C2H6/c1-11-5-3-6-12(9-11)10-14(18-2)16-13(17)7-4-8-15(16)19;1-2/h3,5-6,9H,4,7-8,10,17H2,1-2H3;1-2H3. The molecule has 1 aromatic carbocycles. The van der Waals surface area contributed by atoms with E-state index in [1.165, 1.54) is 11.1 Å². The summed E-state index contributed by atoms with van der Waals surface area (Å²) in [6, 6.07) is 8.27. The van der Waals surface area contributed by atoms with Gasteiger partial charge in [-0.05, 0) is 25.3 Å². The molecule has 3 heteroatoms. The fourth-order valence-corrected chi connectivity index (χ4v) is 2.51. The molecule has 0 aliphatic heterocycles. The van der Waals surface area contributed by atoms with E-state index < -0.39 is 0 Å². The smallest absolute Gasteiger partial charge is 0.166 e. The Hall–Kier alpha value is -1.90. The lowest BCUT2D eigenvalue weighted by molar-refractivity contribution is -0.115. The third-order valence-electron chi connectivity index (χ3n) is 3.46. The number of nitrogens with two attached hydrogens (primary N) is 1. The van der Waals surface area contributed by atoms with Crippen LogP contribution in [0.2, 0.25) is 0 Å². The topological polar surface area (TPSA) is 55.4 Å². The summed E-state index contributed by atoms with van der Waals surface area (Å²) in [5.41, 5.74) is 10.6. The van der Waals surface area contributed by atoms with Crippen molar-refractivity contribution in [3.8, 4) is 0 Å². The minimum Gasteiger partial charge on any atom is -0.401 e. The van der Waals surface area contributed by atoms with E-state index in [9.17, 15) is 4.79 Å². The van der Waals surface area contributed by atoms with Gasteiger partial charge in [-0.3, -0.25) is 9.79 Å². The van der Waals surface area contributed by atoms with Gasteiger partial charge in [0.25, 0.3) is 0 Å². The van der Waals surface area contributed by atoms with Gasteiger partial charge in [0.05, 0.1) is 11.3 Å². The minimum absolute atomic E-state index is 0.136. The average molecular weight is 286 g/mol. The molecule has 0 spiro atoms. The lowest BCUT2D eigenvalue weighted by atomic mass is 9.89. The molecule has 1 aliphatic carbocycles. The highest BCUT2D eigenvalue weighted by Crippen LogP contribution is 2.21. The fraction of sp³-hybridized carbons (Fsp3) is 0.444. The van der Waals surface area contributed by atoms with Crippen molar-refractivity contribution in [1.82, 2.24) is 0 Å². The van der Waals surface area contributed by atoms with Crippen LogP contribution < -0.4 is 5.73 Å². The van der Waals surface area contributed by atoms with E-state index in [4.69, 9.17) is 5.73 Å². The maximum Gasteiger partial charge on any atom is 0.166 e. The number of benzene rings is 1. The molecule has 1 aliphatic rings. The molecule has 0 amide bonds. The van der Waals surface area contributed by atoms with Gasteiger partial charge in [-0.1, -0.05) is 43.7 Å². The van der Waals surface area contributed by atoms with Crippen LogP contribution in [0.25, 0.3) is 0 Å². The van der Waals surface area contributed by atoms with Gasteiger partial charge >= 0.3 is 0 Å². The van der Waals surface area contributed by atoms with Crippen molar-refractivity contribution < 1.29 is 4.79 Å². The van der Waals surface area contributed by atoms with Crippen LogP contribution in [0, 0.1) is 6.92 Å². The molecule has 2 rings (SSSR count). The maximum atomic E-state index is 12.0. The van der Waals surface area contributed by atoms with Gasteiger partial charge in [0.1, 0.15) is 0 Å². The summed E-state index contributed by atoms with van der Waals surface area (Å²) in [5, 5.41) is 0. The van der Waals surface area contributed by atoms with Gasteiger partial charge in [-0.15, -0.1) is 0 Å². The lowest BCUT2D eigenvalue weighted by Crippen LogP contribution is -2.24. The zero-order chi connectivity index (χ0) is 15.8. The molecule has 114 valence electrons. The first-order valence-corrected chi connectivity index (χ1v) is 7.65. The Kier molecular flexibility index (Phi) is 6.86. The summed E-state index contributed by atoms with van der Waals surface area (Å²) in [5.74, 6) is 0.136. The Labute approximate surface area is 128 Å². The number of carbonyl (C=O) groups excluding carboxylic acids is 1. The molecule has 21 heavy (non-hydrogen) atoms. The minimum atomic E-state index is 0.136. The molecule has 2 N–H and O–H groups in total. The monoisotopic (exact) mass is 286 g/mol. The summed E-state index contributed by atoms with van der Waals surface area (Å²) >= 11 is 0. The van der Waals surface area contributed by atoms with E-state index in [2.05, 4.69) is 30.1 Å². The van der Waals surface area contributed by atoms with Crippen molar-refractivity contribution >= 4 is 11.5 Å².